The molecule has 1 amide bonds. The van der Waals surface area contributed by atoms with Gasteiger partial charge in [0.1, 0.15) is 6.10 Å². The van der Waals surface area contributed by atoms with Gasteiger partial charge in [0.15, 0.2) is 11.9 Å². The molecule has 96 valence electrons. The second-order valence-electron chi connectivity index (χ2n) is 5.30. The molecule has 1 aromatic rings. The summed E-state index contributed by atoms with van der Waals surface area (Å²) in [7, 11) is 0. The lowest BCUT2D eigenvalue weighted by atomic mass is 10.2. The van der Waals surface area contributed by atoms with Gasteiger partial charge in [-0.25, -0.2) is 0 Å². The molecule has 4 heteroatoms. The lowest BCUT2D eigenvalue weighted by Crippen LogP contribution is -2.33. The van der Waals surface area contributed by atoms with E-state index in [4.69, 9.17) is 9.47 Å². The Bertz CT molecular complexity index is 457. The van der Waals surface area contributed by atoms with E-state index in [1.807, 2.05) is 44.2 Å². The van der Waals surface area contributed by atoms with Crippen molar-refractivity contribution < 1.29 is 14.3 Å². The van der Waals surface area contributed by atoms with E-state index in [1.165, 1.54) is 0 Å². The van der Waals surface area contributed by atoms with Crippen LogP contribution in [-0.4, -0.2) is 35.3 Å². The Hall–Kier alpha value is -1.39. The van der Waals surface area contributed by atoms with Gasteiger partial charge in [-0.05, 0) is 19.4 Å². The molecule has 4 nitrogen and oxygen atoms in total. The van der Waals surface area contributed by atoms with E-state index in [0.29, 0.717) is 13.1 Å². The molecule has 0 saturated carbocycles. The second-order valence-corrected chi connectivity index (χ2v) is 5.30. The molecule has 0 bridgehead atoms. The number of rotatable bonds is 2. The third kappa shape index (κ3) is 2.02. The molecule has 3 rings (SSSR count). The first-order valence-corrected chi connectivity index (χ1v) is 6.23. The molecule has 2 fully saturated rings. The van der Waals surface area contributed by atoms with Crippen molar-refractivity contribution in [2.24, 2.45) is 0 Å². The molecule has 0 aromatic heterocycles. The van der Waals surface area contributed by atoms with Crippen LogP contribution in [0.5, 0.6) is 0 Å². The summed E-state index contributed by atoms with van der Waals surface area (Å²) in [5.41, 5.74) is 1.13. The molecular formula is C14H17NO3. The Labute approximate surface area is 106 Å². The van der Waals surface area contributed by atoms with Gasteiger partial charge in [0.2, 0.25) is 0 Å². The van der Waals surface area contributed by atoms with Gasteiger partial charge >= 0.3 is 0 Å². The number of fused-ring (bicyclic) bond motifs is 1. The second kappa shape index (κ2) is 4.07. The van der Waals surface area contributed by atoms with Crippen molar-refractivity contribution in [1.29, 1.82) is 0 Å². The van der Waals surface area contributed by atoms with Crippen LogP contribution in [0.2, 0.25) is 0 Å². The number of hydrogen-bond donors (Lipinski definition) is 0. The minimum absolute atomic E-state index is 0.0365. The molecule has 2 unspecified atom stereocenters. The highest BCUT2D eigenvalue weighted by Crippen LogP contribution is 2.34. The smallest absolute Gasteiger partial charge is 0.255 e. The van der Waals surface area contributed by atoms with Crippen LogP contribution in [0.1, 0.15) is 19.4 Å². The third-order valence-corrected chi connectivity index (χ3v) is 3.36. The van der Waals surface area contributed by atoms with Crippen molar-refractivity contribution in [2.75, 3.05) is 6.54 Å². The zero-order chi connectivity index (χ0) is 12.8. The summed E-state index contributed by atoms with van der Waals surface area (Å²) in [6.45, 7) is 4.93. The fourth-order valence-corrected chi connectivity index (χ4v) is 2.61. The molecular weight excluding hydrogens is 230 g/mol. The van der Waals surface area contributed by atoms with E-state index in [2.05, 4.69) is 0 Å². The summed E-state index contributed by atoms with van der Waals surface area (Å²) in [5, 5.41) is 0. The van der Waals surface area contributed by atoms with Gasteiger partial charge in [-0.15, -0.1) is 0 Å². The Morgan fingerprint density at radius 2 is 2.00 bits per heavy atom. The minimum atomic E-state index is -0.635. The maximum Gasteiger partial charge on any atom is 0.255 e. The molecule has 2 atom stereocenters. The van der Waals surface area contributed by atoms with Crippen LogP contribution >= 0.6 is 0 Å². The number of nitrogens with zero attached hydrogens (tertiary/aromatic N) is 1. The third-order valence-electron chi connectivity index (χ3n) is 3.36. The van der Waals surface area contributed by atoms with Crippen molar-refractivity contribution >= 4 is 5.91 Å². The molecule has 0 spiro atoms. The number of amides is 1. The Balaban J connectivity index is 1.70. The predicted molar refractivity (Wildman–Crippen MR) is 65.7 cm³/mol. The van der Waals surface area contributed by atoms with Gasteiger partial charge in [-0.2, -0.15) is 0 Å². The number of carbonyl (C=O) groups is 1. The molecule has 2 aliphatic rings. The highest BCUT2D eigenvalue weighted by molar-refractivity contribution is 5.84. The van der Waals surface area contributed by atoms with Crippen LogP contribution in [0.25, 0.3) is 0 Å². The number of likely N-dealkylation sites (tertiary alicyclic amines) is 1. The number of ether oxygens (including phenoxy) is 2. The van der Waals surface area contributed by atoms with Crippen LogP contribution < -0.4 is 0 Å². The quantitative estimate of drug-likeness (QED) is 0.796. The van der Waals surface area contributed by atoms with E-state index in [9.17, 15) is 4.79 Å². The topological polar surface area (TPSA) is 38.8 Å². The Morgan fingerprint density at radius 3 is 2.67 bits per heavy atom. The van der Waals surface area contributed by atoms with Crippen LogP contribution in [0.3, 0.4) is 0 Å². The molecule has 0 N–H and O–H groups in total. The first-order chi connectivity index (χ1) is 8.55. The first kappa shape index (κ1) is 11.7. The first-order valence-electron chi connectivity index (χ1n) is 6.23. The van der Waals surface area contributed by atoms with Crippen molar-refractivity contribution in [3.8, 4) is 0 Å². The highest BCUT2D eigenvalue weighted by Gasteiger charge is 2.51. The average molecular weight is 247 g/mol. The zero-order valence-electron chi connectivity index (χ0n) is 10.6. The summed E-state index contributed by atoms with van der Waals surface area (Å²) in [4.78, 5) is 14.0. The van der Waals surface area contributed by atoms with Gasteiger partial charge in [0.05, 0.1) is 6.54 Å². The van der Waals surface area contributed by atoms with Gasteiger partial charge in [0.25, 0.3) is 5.91 Å². The van der Waals surface area contributed by atoms with Crippen molar-refractivity contribution in [2.45, 2.75) is 38.4 Å². The summed E-state index contributed by atoms with van der Waals surface area (Å²) in [6, 6.07) is 9.97. The SMILES string of the molecule is CC1(C)OC2CN(Cc3ccccc3)C(=O)C2O1. The van der Waals surface area contributed by atoms with E-state index in [1.54, 1.807) is 4.90 Å². The van der Waals surface area contributed by atoms with Crippen molar-refractivity contribution in [1.82, 2.24) is 4.90 Å². The van der Waals surface area contributed by atoms with Crippen LogP contribution in [0.15, 0.2) is 30.3 Å². The maximum atomic E-state index is 12.2. The highest BCUT2D eigenvalue weighted by atomic mass is 16.8. The lowest BCUT2D eigenvalue weighted by Gasteiger charge is -2.22. The van der Waals surface area contributed by atoms with Crippen molar-refractivity contribution in [3.63, 3.8) is 0 Å². The Kier molecular flexibility index (Phi) is 2.64. The maximum absolute atomic E-state index is 12.2. The molecule has 0 aliphatic carbocycles. The monoisotopic (exact) mass is 247 g/mol. The largest absolute Gasteiger partial charge is 0.342 e. The summed E-state index contributed by atoms with van der Waals surface area (Å²) in [6.07, 6.45) is -0.556. The van der Waals surface area contributed by atoms with E-state index in [0.717, 1.165) is 5.56 Å². The van der Waals surface area contributed by atoms with Gasteiger partial charge in [0, 0.05) is 6.54 Å². The summed E-state index contributed by atoms with van der Waals surface area (Å²) < 4.78 is 11.4. The van der Waals surface area contributed by atoms with Crippen LogP contribution in [0, 0.1) is 0 Å². The van der Waals surface area contributed by atoms with Crippen LogP contribution in [-0.2, 0) is 20.8 Å². The zero-order valence-corrected chi connectivity index (χ0v) is 10.6. The average Bonchev–Trinajstić information content (AvgIpc) is 2.76. The van der Waals surface area contributed by atoms with Crippen molar-refractivity contribution in [3.05, 3.63) is 35.9 Å². The van der Waals surface area contributed by atoms with E-state index in [-0.39, 0.29) is 12.0 Å². The predicted octanol–water partition coefficient (Wildman–Crippen LogP) is 1.55. The summed E-state index contributed by atoms with van der Waals surface area (Å²) in [5.74, 6) is -0.599. The van der Waals surface area contributed by atoms with Gasteiger partial charge < -0.3 is 14.4 Å². The molecule has 2 heterocycles. The summed E-state index contributed by atoms with van der Waals surface area (Å²) >= 11 is 0. The van der Waals surface area contributed by atoms with Gasteiger partial charge in [-0.1, -0.05) is 30.3 Å². The fourth-order valence-electron chi connectivity index (χ4n) is 2.61. The number of carbonyl (C=O) groups excluding carboxylic acids is 1. The normalized spacial score (nSPS) is 29.7. The van der Waals surface area contributed by atoms with Gasteiger partial charge in [-0.3, -0.25) is 4.79 Å². The van der Waals surface area contributed by atoms with E-state index < -0.39 is 11.9 Å². The standard InChI is InChI=1S/C14H17NO3/c1-14(2)17-11-9-15(13(16)12(11)18-14)8-10-6-4-3-5-7-10/h3-7,11-12H,8-9H2,1-2H3. The Morgan fingerprint density at radius 1 is 1.28 bits per heavy atom. The molecule has 18 heavy (non-hydrogen) atoms. The molecule has 2 saturated heterocycles. The minimum Gasteiger partial charge on any atom is -0.342 e. The molecule has 2 aliphatic heterocycles. The van der Waals surface area contributed by atoms with Crippen LogP contribution in [0.4, 0.5) is 0 Å². The lowest BCUT2D eigenvalue weighted by molar-refractivity contribution is -0.168. The van der Waals surface area contributed by atoms with E-state index >= 15 is 0 Å². The molecule has 1 aromatic carbocycles. The molecule has 0 radical (unpaired) electrons. The fraction of sp³-hybridized carbons (Fsp3) is 0.500. The number of hydrogen-bond acceptors (Lipinski definition) is 3. The number of benzene rings is 1.